The summed E-state index contributed by atoms with van der Waals surface area (Å²) in [6.45, 7) is 4.55. The Morgan fingerprint density at radius 3 is 2.41 bits per heavy atom. The van der Waals surface area contributed by atoms with Crippen LogP contribution in [0.5, 0.6) is 5.75 Å². The third-order valence-electron chi connectivity index (χ3n) is 7.56. The molecule has 1 amide bonds. The predicted octanol–water partition coefficient (Wildman–Crippen LogP) is 4.80. The molecule has 7 nitrogen and oxygen atoms in total. The second-order valence-electron chi connectivity index (χ2n) is 10.6. The van der Waals surface area contributed by atoms with E-state index in [1.54, 1.807) is 0 Å². The van der Waals surface area contributed by atoms with Crippen LogP contribution < -0.4 is 10.1 Å². The molecular weight excluding hydrogens is 468 g/mol. The van der Waals surface area contributed by atoms with Gasteiger partial charge in [-0.2, -0.15) is 0 Å². The van der Waals surface area contributed by atoms with Gasteiger partial charge in [-0.3, -0.25) is 14.5 Å². The number of hydrogen-bond donors (Lipinski definition) is 3. The molecule has 1 saturated carbocycles. The van der Waals surface area contributed by atoms with Crippen LogP contribution in [0.4, 0.5) is 0 Å². The van der Waals surface area contributed by atoms with Crippen LogP contribution in [0.3, 0.4) is 0 Å². The van der Waals surface area contributed by atoms with Crippen LogP contribution in [0.15, 0.2) is 24.3 Å². The molecule has 0 spiro atoms. The van der Waals surface area contributed by atoms with Crippen molar-refractivity contribution in [2.75, 3.05) is 26.2 Å². The van der Waals surface area contributed by atoms with Crippen molar-refractivity contribution in [2.45, 2.75) is 110 Å². The van der Waals surface area contributed by atoms with Gasteiger partial charge in [0, 0.05) is 38.4 Å². The molecule has 1 aromatic rings. The highest BCUT2D eigenvalue weighted by Gasteiger charge is 2.29. The number of likely N-dealkylation sites (tertiary alicyclic amines) is 1. The Morgan fingerprint density at radius 2 is 1.76 bits per heavy atom. The van der Waals surface area contributed by atoms with Gasteiger partial charge in [-0.1, -0.05) is 52.2 Å². The normalized spacial score (nSPS) is 20.1. The Morgan fingerprint density at radius 1 is 1.05 bits per heavy atom. The van der Waals surface area contributed by atoms with Gasteiger partial charge in [-0.05, 0) is 56.2 Å². The Bertz CT molecular complexity index is 794. The smallest absolute Gasteiger partial charge is 0.220 e. The molecule has 1 aromatic carbocycles. The number of aliphatic hydroxyl groups is 2. The van der Waals surface area contributed by atoms with Gasteiger partial charge in [-0.25, -0.2) is 0 Å². The van der Waals surface area contributed by atoms with Gasteiger partial charge in [0.2, 0.25) is 5.91 Å². The van der Waals surface area contributed by atoms with Crippen molar-refractivity contribution in [3.05, 3.63) is 29.8 Å². The molecule has 1 saturated heterocycles. The Labute approximate surface area is 224 Å². The highest BCUT2D eigenvalue weighted by atomic mass is 16.5. The third kappa shape index (κ3) is 10.7. The van der Waals surface area contributed by atoms with E-state index in [2.05, 4.69) is 17.1 Å². The quantitative estimate of drug-likeness (QED) is 0.289. The number of hydrogen-bond acceptors (Lipinski definition) is 6. The maximum atomic E-state index is 12.8. The average Bonchev–Trinajstić information content (AvgIpc) is 3.31. The SMILES string of the molecule is C.CCCCOc1ccc([C@@H](O)[C@@H](CN2CC[C@H](O)C2)NC(=O)CCCCC(=O)C2CCCCC2)cc1. The molecule has 210 valence electrons. The predicted molar refractivity (Wildman–Crippen MR) is 148 cm³/mol. The minimum absolute atomic E-state index is 0. The van der Waals surface area contributed by atoms with E-state index in [9.17, 15) is 19.8 Å². The lowest BCUT2D eigenvalue weighted by atomic mass is 9.84. The number of benzene rings is 1. The van der Waals surface area contributed by atoms with Crippen LogP contribution in [0, 0.1) is 5.92 Å². The topological polar surface area (TPSA) is 99.1 Å². The molecule has 2 aliphatic rings. The van der Waals surface area contributed by atoms with Crippen molar-refractivity contribution in [2.24, 2.45) is 5.92 Å². The zero-order valence-electron chi connectivity index (χ0n) is 22.0. The highest BCUT2D eigenvalue weighted by Crippen LogP contribution is 2.26. The molecule has 7 heteroatoms. The lowest BCUT2D eigenvalue weighted by Gasteiger charge is -2.29. The van der Waals surface area contributed by atoms with E-state index in [-0.39, 0.29) is 25.4 Å². The summed E-state index contributed by atoms with van der Waals surface area (Å²) in [5, 5.41) is 24.1. The summed E-state index contributed by atoms with van der Waals surface area (Å²) < 4.78 is 5.72. The molecule has 37 heavy (non-hydrogen) atoms. The van der Waals surface area contributed by atoms with Crippen molar-refractivity contribution in [3.63, 3.8) is 0 Å². The fraction of sp³-hybridized carbons (Fsp3) is 0.733. The van der Waals surface area contributed by atoms with Crippen molar-refractivity contribution in [1.82, 2.24) is 10.2 Å². The number of carbonyl (C=O) groups excluding carboxylic acids is 2. The van der Waals surface area contributed by atoms with E-state index < -0.39 is 12.1 Å². The number of nitrogens with one attached hydrogen (secondary N) is 1. The molecule has 1 heterocycles. The first-order valence-corrected chi connectivity index (χ1v) is 14.1. The van der Waals surface area contributed by atoms with E-state index in [0.29, 0.717) is 51.2 Å². The number of rotatable bonds is 15. The lowest BCUT2D eigenvalue weighted by molar-refractivity contribution is -0.125. The highest BCUT2D eigenvalue weighted by molar-refractivity contribution is 5.81. The number of ketones is 1. The minimum atomic E-state index is -0.871. The molecule has 3 rings (SSSR count). The minimum Gasteiger partial charge on any atom is -0.494 e. The number of Topliss-reactive ketones (excluding diaryl/α,β-unsaturated/α-hetero) is 1. The van der Waals surface area contributed by atoms with E-state index in [1.165, 1.54) is 6.42 Å². The number of unbranched alkanes of at least 4 members (excludes halogenated alkanes) is 2. The molecule has 3 atom stereocenters. The van der Waals surface area contributed by atoms with E-state index in [4.69, 9.17) is 4.74 Å². The second-order valence-corrected chi connectivity index (χ2v) is 10.6. The number of nitrogens with zero attached hydrogens (tertiary/aromatic N) is 1. The number of β-amino-alcohol motifs (C(OH)–C–C–N with tert-alkyl or cyclic N) is 1. The maximum Gasteiger partial charge on any atom is 0.220 e. The molecule has 0 aromatic heterocycles. The van der Waals surface area contributed by atoms with Crippen molar-refractivity contribution in [1.29, 1.82) is 0 Å². The second kappa shape index (κ2) is 16.8. The standard InChI is InChI=1S/C29H46N2O5.CH4/c1-2-3-19-36-25-15-13-23(14-16-25)29(35)26(21-31-18-17-24(32)20-31)30-28(34)12-8-7-11-27(33)22-9-5-4-6-10-22;/h13-16,22,24,26,29,32,35H,2-12,17-21H2,1H3,(H,30,34);1H4/t24-,26+,29+;/m0./s1. The summed E-state index contributed by atoms with van der Waals surface area (Å²) in [6, 6.07) is 6.92. The van der Waals surface area contributed by atoms with Gasteiger partial charge < -0.3 is 20.3 Å². The Balaban J connectivity index is 0.00000481. The van der Waals surface area contributed by atoms with Crippen LogP contribution in [-0.2, 0) is 9.59 Å². The van der Waals surface area contributed by atoms with Crippen LogP contribution in [-0.4, -0.2) is 65.2 Å². The zero-order valence-corrected chi connectivity index (χ0v) is 22.0. The van der Waals surface area contributed by atoms with Crippen molar-refractivity contribution in [3.8, 4) is 5.75 Å². The van der Waals surface area contributed by atoms with Crippen molar-refractivity contribution >= 4 is 11.7 Å². The zero-order chi connectivity index (χ0) is 25.8. The van der Waals surface area contributed by atoms with Gasteiger partial charge >= 0.3 is 0 Å². The summed E-state index contributed by atoms with van der Waals surface area (Å²) in [5.74, 6) is 1.25. The average molecular weight is 519 g/mol. The summed E-state index contributed by atoms with van der Waals surface area (Å²) >= 11 is 0. The van der Waals surface area contributed by atoms with E-state index in [1.807, 2.05) is 24.3 Å². The first-order valence-electron chi connectivity index (χ1n) is 14.1. The van der Waals surface area contributed by atoms with E-state index >= 15 is 0 Å². The van der Waals surface area contributed by atoms with Gasteiger partial charge in [0.15, 0.2) is 0 Å². The summed E-state index contributed by atoms with van der Waals surface area (Å²) in [7, 11) is 0. The lowest BCUT2D eigenvalue weighted by Crippen LogP contribution is -2.47. The molecule has 3 N–H and O–H groups in total. The van der Waals surface area contributed by atoms with Crippen LogP contribution >= 0.6 is 0 Å². The number of amides is 1. The van der Waals surface area contributed by atoms with Gasteiger partial charge in [0.05, 0.1) is 18.8 Å². The molecular formula is C30H50N2O5. The first kappa shape index (κ1) is 31.3. The number of carbonyl (C=O) groups is 2. The van der Waals surface area contributed by atoms with Gasteiger partial charge in [-0.15, -0.1) is 0 Å². The third-order valence-corrected chi connectivity index (χ3v) is 7.56. The van der Waals surface area contributed by atoms with Crippen molar-refractivity contribution < 1.29 is 24.5 Å². The van der Waals surface area contributed by atoms with Gasteiger partial charge in [0.1, 0.15) is 17.6 Å². The van der Waals surface area contributed by atoms with Crippen LogP contribution in [0.1, 0.15) is 103 Å². The molecule has 0 radical (unpaired) electrons. The summed E-state index contributed by atoms with van der Waals surface area (Å²) in [4.78, 5) is 27.3. The number of aliphatic hydroxyl groups excluding tert-OH is 2. The van der Waals surface area contributed by atoms with Gasteiger partial charge in [0.25, 0.3) is 0 Å². The molecule has 1 aliphatic carbocycles. The van der Waals surface area contributed by atoms with E-state index in [0.717, 1.165) is 62.8 Å². The monoisotopic (exact) mass is 518 g/mol. The molecule has 2 fully saturated rings. The van der Waals surface area contributed by atoms with Crippen LogP contribution in [0.2, 0.25) is 0 Å². The largest absolute Gasteiger partial charge is 0.494 e. The first-order chi connectivity index (χ1) is 17.5. The Kier molecular flexibility index (Phi) is 14.2. The molecule has 0 unspecified atom stereocenters. The summed E-state index contributed by atoms with van der Waals surface area (Å²) in [5.41, 5.74) is 0.723. The molecule has 1 aliphatic heterocycles. The number of ether oxygens (including phenoxy) is 1. The molecule has 0 bridgehead atoms. The maximum absolute atomic E-state index is 12.8. The fourth-order valence-electron chi connectivity index (χ4n) is 5.30. The summed E-state index contributed by atoms with van der Waals surface area (Å²) in [6.07, 6.45) is 9.43. The Hall–Kier alpha value is -1.96. The van der Waals surface area contributed by atoms with Crippen LogP contribution in [0.25, 0.3) is 0 Å². The fourth-order valence-corrected chi connectivity index (χ4v) is 5.30.